The Morgan fingerprint density at radius 2 is 2.05 bits per heavy atom. The lowest BCUT2D eigenvalue weighted by Crippen LogP contribution is -2.43. The minimum atomic E-state index is 0.654. The van der Waals surface area contributed by atoms with E-state index in [0.717, 1.165) is 25.3 Å². The maximum absolute atomic E-state index is 5.84. The lowest BCUT2D eigenvalue weighted by molar-refractivity contribution is 0.113. The van der Waals surface area contributed by atoms with Crippen LogP contribution in [0.4, 0.5) is 0 Å². The van der Waals surface area contributed by atoms with Crippen LogP contribution in [0.15, 0.2) is 43.0 Å². The van der Waals surface area contributed by atoms with Gasteiger partial charge in [-0.2, -0.15) is 0 Å². The Balaban J connectivity index is 1.67. The summed E-state index contributed by atoms with van der Waals surface area (Å²) in [6, 6.07) is 9.40. The van der Waals surface area contributed by atoms with Crippen molar-refractivity contribution in [2.45, 2.75) is 32.4 Å². The highest BCUT2D eigenvalue weighted by molar-refractivity contribution is 5.34. The standard InChI is InChI=1S/C17H24N4/c1-14-2-3-16(10-18)12-21(14)11-15-4-6-17(7-5-15)20-9-8-19-13-20/h4-9,13-14,16H,2-3,10-12,18H2,1H3. The second-order valence-electron chi connectivity index (χ2n) is 6.09. The van der Waals surface area contributed by atoms with Gasteiger partial charge in [0.1, 0.15) is 0 Å². The monoisotopic (exact) mass is 284 g/mol. The van der Waals surface area contributed by atoms with Gasteiger partial charge in [0.05, 0.1) is 6.33 Å². The number of piperidine rings is 1. The zero-order valence-corrected chi connectivity index (χ0v) is 12.7. The van der Waals surface area contributed by atoms with Crippen LogP contribution >= 0.6 is 0 Å². The molecule has 2 atom stereocenters. The quantitative estimate of drug-likeness (QED) is 0.938. The van der Waals surface area contributed by atoms with Gasteiger partial charge in [-0.3, -0.25) is 4.90 Å². The van der Waals surface area contributed by atoms with Gasteiger partial charge < -0.3 is 10.3 Å². The van der Waals surface area contributed by atoms with Crippen LogP contribution in [0.25, 0.3) is 5.69 Å². The molecule has 2 unspecified atom stereocenters. The number of rotatable bonds is 4. The van der Waals surface area contributed by atoms with E-state index in [1.54, 1.807) is 6.20 Å². The van der Waals surface area contributed by atoms with Crippen LogP contribution in [-0.2, 0) is 6.54 Å². The molecule has 2 heterocycles. The van der Waals surface area contributed by atoms with Crippen LogP contribution in [-0.4, -0.2) is 33.6 Å². The van der Waals surface area contributed by atoms with Gasteiger partial charge in [0, 0.05) is 37.2 Å². The summed E-state index contributed by atoms with van der Waals surface area (Å²) >= 11 is 0. The number of hydrogen-bond acceptors (Lipinski definition) is 3. The summed E-state index contributed by atoms with van der Waals surface area (Å²) < 4.78 is 2.03. The summed E-state index contributed by atoms with van der Waals surface area (Å²) in [7, 11) is 0. The fourth-order valence-electron chi connectivity index (χ4n) is 3.09. The molecule has 1 fully saturated rings. The van der Waals surface area contributed by atoms with Gasteiger partial charge in [-0.15, -0.1) is 0 Å². The largest absolute Gasteiger partial charge is 0.330 e. The average Bonchev–Trinajstić information content (AvgIpc) is 3.04. The van der Waals surface area contributed by atoms with Crippen molar-refractivity contribution in [3.8, 4) is 5.69 Å². The Hall–Kier alpha value is -1.65. The molecule has 1 saturated heterocycles. The summed E-state index contributed by atoms with van der Waals surface area (Å²) in [5.74, 6) is 0.659. The average molecular weight is 284 g/mol. The first-order chi connectivity index (χ1) is 10.3. The van der Waals surface area contributed by atoms with Gasteiger partial charge in [-0.05, 0) is 49.9 Å². The molecule has 1 aliphatic heterocycles. The van der Waals surface area contributed by atoms with Gasteiger partial charge in [0.15, 0.2) is 0 Å². The van der Waals surface area contributed by atoms with E-state index in [2.05, 4.69) is 41.1 Å². The molecule has 2 aromatic rings. The summed E-state index contributed by atoms with van der Waals surface area (Å²) in [5.41, 5.74) is 8.36. The zero-order valence-electron chi connectivity index (χ0n) is 12.7. The summed E-state index contributed by atoms with van der Waals surface area (Å²) in [5, 5.41) is 0. The van der Waals surface area contributed by atoms with Crippen molar-refractivity contribution in [3.63, 3.8) is 0 Å². The summed E-state index contributed by atoms with van der Waals surface area (Å²) in [4.78, 5) is 6.65. The maximum Gasteiger partial charge on any atom is 0.0991 e. The molecule has 0 radical (unpaired) electrons. The van der Waals surface area contributed by atoms with Gasteiger partial charge in [0.2, 0.25) is 0 Å². The van der Waals surface area contributed by atoms with E-state index >= 15 is 0 Å². The Morgan fingerprint density at radius 3 is 2.71 bits per heavy atom. The number of imidazole rings is 1. The molecule has 1 aromatic heterocycles. The van der Waals surface area contributed by atoms with Crippen molar-refractivity contribution >= 4 is 0 Å². The third kappa shape index (κ3) is 3.34. The summed E-state index contributed by atoms with van der Waals surface area (Å²) in [6.07, 6.45) is 8.13. The van der Waals surface area contributed by atoms with Crippen molar-refractivity contribution in [1.82, 2.24) is 14.5 Å². The van der Waals surface area contributed by atoms with E-state index in [-0.39, 0.29) is 0 Å². The first-order valence-corrected chi connectivity index (χ1v) is 7.77. The van der Waals surface area contributed by atoms with Crippen LogP contribution in [0.5, 0.6) is 0 Å². The fourth-order valence-corrected chi connectivity index (χ4v) is 3.09. The molecule has 0 saturated carbocycles. The number of aromatic nitrogens is 2. The Labute approximate surface area is 126 Å². The normalized spacial score (nSPS) is 23.3. The molecular formula is C17H24N4. The van der Waals surface area contributed by atoms with E-state index < -0.39 is 0 Å². The molecule has 3 rings (SSSR count). The molecule has 1 aromatic carbocycles. The van der Waals surface area contributed by atoms with Crippen LogP contribution in [0.2, 0.25) is 0 Å². The number of likely N-dealkylation sites (tertiary alicyclic amines) is 1. The number of benzene rings is 1. The minimum absolute atomic E-state index is 0.654. The van der Waals surface area contributed by atoms with Gasteiger partial charge in [-0.1, -0.05) is 12.1 Å². The predicted molar refractivity (Wildman–Crippen MR) is 85.2 cm³/mol. The fraction of sp³-hybridized carbons (Fsp3) is 0.471. The van der Waals surface area contributed by atoms with Crippen molar-refractivity contribution in [2.24, 2.45) is 11.7 Å². The van der Waals surface area contributed by atoms with Crippen LogP contribution in [0.3, 0.4) is 0 Å². The number of nitrogens with zero attached hydrogens (tertiary/aromatic N) is 3. The van der Waals surface area contributed by atoms with E-state index in [1.165, 1.54) is 18.4 Å². The molecule has 4 nitrogen and oxygen atoms in total. The zero-order chi connectivity index (χ0) is 14.7. The Morgan fingerprint density at radius 1 is 1.24 bits per heavy atom. The van der Waals surface area contributed by atoms with E-state index in [9.17, 15) is 0 Å². The highest BCUT2D eigenvalue weighted by atomic mass is 15.2. The molecule has 1 aliphatic rings. The van der Waals surface area contributed by atoms with E-state index in [1.807, 2.05) is 17.1 Å². The number of hydrogen-bond donors (Lipinski definition) is 1. The van der Waals surface area contributed by atoms with Crippen LogP contribution in [0, 0.1) is 5.92 Å². The molecule has 0 bridgehead atoms. The molecule has 0 amide bonds. The van der Waals surface area contributed by atoms with Crippen LogP contribution < -0.4 is 5.73 Å². The third-order valence-electron chi connectivity index (χ3n) is 4.57. The molecule has 112 valence electrons. The summed E-state index contributed by atoms with van der Waals surface area (Å²) in [6.45, 7) is 5.28. The predicted octanol–water partition coefficient (Wildman–Crippen LogP) is 2.43. The van der Waals surface area contributed by atoms with Crippen molar-refractivity contribution in [3.05, 3.63) is 48.5 Å². The molecule has 0 aliphatic carbocycles. The smallest absolute Gasteiger partial charge is 0.0991 e. The molecule has 2 N–H and O–H groups in total. The van der Waals surface area contributed by atoms with Gasteiger partial charge in [-0.25, -0.2) is 4.98 Å². The van der Waals surface area contributed by atoms with Crippen molar-refractivity contribution < 1.29 is 0 Å². The topological polar surface area (TPSA) is 47.1 Å². The Bertz CT molecular complexity index is 547. The molecule has 21 heavy (non-hydrogen) atoms. The van der Waals surface area contributed by atoms with Gasteiger partial charge >= 0.3 is 0 Å². The second-order valence-corrected chi connectivity index (χ2v) is 6.09. The lowest BCUT2D eigenvalue weighted by atomic mass is 9.93. The number of nitrogens with two attached hydrogens (primary N) is 1. The lowest BCUT2D eigenvalue weighted by Gasteiger charge is -2.37. The van der Waals surface area contributed by atoms with Gasteiger partial charge in [0.25, 0.3) is 0 Å². The van der Waals surface area contributed by atoms with E-state index in [0.29, 0.717) is 12.0 Å². The molecule has 0 spiro atoms. The van der Waals surface area contributed by atoms with E-state index in [4.69, 9.17) is 5.73 Å². The van der Waals surface area contributed by atoms with Crippen molar-refractivity contribution in [2.75, 3.05) is 13.1 Å². The van der Waals surface area contributed by atoms with Crippen LogP contribution in [0.1, 0.15) is 25.3 Å². The third-order valence-corrected chi connectivity index (χ3v) is 4.57. The maximum atomic E-state index is 5.84. The highest BCUT2D eigenvalue weighted by Crippen LogP contribution is 2.23. The highest BCUT2D eigenvalue weighted by Gasteiger charge is 2.24. The van der Waals surface area contributed by atoms with Crippen molar-refractivity contribution in [1.29, 1.82) is 0 Å². The first kappa shape index (κ1) is 14.3. The Kier molecular flexibility index (Phi) is 4.36. The molecular weight excluding hydrogens is 260 g/mol. The second kappa shape index (κ2) is 6.41. The SMILES string of the molecule is CC1CCC(CN)CN1Cc1ccc(-n2ccnc2)cc1. The first-order valence-electron chi connectivity index (χ1n) is 7.77. The molecule has 4 heteroatoms. The minimum Gasteiger partial charge on any atom is -0.330 e.